The average molecular weight is 173 g/mol. The number of hydrogen-bond donors (Lipinski definition) is 0. The first-order valence-electron chi connectivity index (χ1n) is 4.72. The van der Waals surface area contributed by atoms with Crippen LogP contribution < -0.4 is 0 Å². The first-order chi connectivity index (χ1) is 6.33. The lowest BCUT2D eigenvalue weighted by Gasteiger charge is -2.06. The smallest absolute Gasteiger partial charge is 0.0624 e. The Kier molecular flexibility index (Phi) is 4.05. The van der Waals surface area contributed by atoms with Gasteiger partial charge in [0, 0.05) is 6.42 Å². The molecule has 0 N–H and O–H groups in total. The van der Waals surface area contributed by atoms with Crippen LogP contribution in [0.15, 0.2) is 36.0 Å². The summed E-state index contributed by atoms with van der Waals surface area (Å²) < 4.78 is 0. The minimum absolute atomic E-state index is 0.465. The van der Waals surface area contributed by atoms with E-state index in [4.69, 9.17) is 5.26 Å². The van der Waals surface area contributed by atoms with Gasteiger partial charge in [-0.15, -0.1) is 0 Å². The van der Waals surface area contributed by atoms with E-state index in [1.807, 2.05) is 0 Å². The Morgan fingerprint density at radius 1 is 1.54 bits per heavy atom. The van der Waals surface area contributed by atoms with Crippen molar-refractivity contribution in [2.75, 3.05) is 0 Å². The van der Waals surface area contributed by atoms with Gasteiger partial charge in [0.2, 0.25) is 0 Å². The van der Waals surface area contributed by atoms with Gasteiger partial charge in [0.25, 0.3) is 0 Å². The van der Waals surface area contributed by atoms with Crippen molar-refractivity contribution in [2.24, 2.45) is 5.92 Å². The van der Waals surface area contributed by atoms with E-state index in [1.165, 1.54) is 5.57 Å². The van der Waals surface area contributed by atoms with E-state index in [0.717, 1.165) is 12.8 Å². The summed E-state index contributed by atoms with van der Waals surface area (Å²) in [7, 11) is 0. The maximum atomic E-state index is 8.52. The predicted molar refractivity (Wildman–Crippen MR) is 55.0 cm³/mol. The largest absolute Gasteiger partial charge is 0.198 e. The summed E-state index contributed by atoms with van der Waals surface area (Å²) in [6.45, 7) is 2.12. The van der Waals surface area contributed by atoms with Crippen LogP contribution in [0.4, 0.5) is 0 Å². The topological polar surface area (TPSA) is 23.8 Å². The van der Waals surface area contributed by atoms with E-state index in [-0.39, 0.29) is 0 Å². The molecule has 1 unspecified atom stereocenters. The summed E-state index contributed by atoms with van der Waals surface area (Å²) in [5, 5.41) is 8.52. The van der Waals surface area contributed by atoms with E-state index in [1.54, 1.807) is 0 Å². The SMILES string of the molecule is CC(CC#N)CC1=CC=CCC=C1. The molecule has 1 nitrogen and oxygen atoms in total. The third-order valence-electron chi connectivity index (χ3n) is 2.07. The molecule has 13 heavy (non-hydrogen) atoms. The fraction of sp³-hybridized carbons (Fsp3) is 0.417. The van der Waals surface area contributed by atoms with Crippen LogP contribution in [-0.2, 0) is 0 Å². The monoisotopic (exact) mass is 173 g/mol. The van der Waals surface area contributed by atoms with Gasteiger partial charge in [-0.25, -0.2) is 0 Å². The second kappa shape index (κ2) is 5.37. The van der Waals surface area contributed by atoms with Gasteiger partial charge in [0.05, 0.1) is 6.07 Å². The molecular weight excluding hydrogens is 158 g/mol. The lowest BCUT2D eigenvalue weighted by atomic mass is 9.98. The number of rotatable bonds is 3. The third-order valence-corrected chi connectivity index (χ3v) is 2.07. The van der Waals surface area contributed by atoms with Crippen LogP contribution in [0.3, 0.4) is 0 Å². The number of nitriles is 1. The molecule has 0 saturated heterocycles. The van der Waals surface area contributed by atoms with Crippen molar-refractivity contribution < 1.29 is 0 Å². The zero-order valence-electron chi connectivity index (χ0n) is 8.03. The second-order valence-corrected chi connectivity index (χ2v) is 3.48. The van der Waals surface area contributed by atoms with Crippen molar-refractivity contribution in [3.05, 3.63) is 36.0 Å². The normalized spacial score (nSPS) is 17.4. The lowest BCUT2D eigenvalue weighted by molar-refractivity contribution is 0.598. The Morgan fingerprint density at radius 2 is 2.38 bits per heavy atom. The Labute approximate surface area is 80.1 Å². The van der Waals surface area contributed by atoms with Gasteiger partial charge in [-0.3, -0.25) is 0 Å². The molecule has 1 aliphatic carbocycles. The summed E-state index contributed by atoms with van der Waals surface area (Å²) in [5.41, 5.74) is 1.33. The summed E-state index contributed by atoms with van der Waals surface area (Å²) >= 11 is 0. The number of hydrogen-bond acceptors (Lipinski definition) is 1. The van der Waals surface area contributed by atoms with E-state index >= 15 is 0 Å². The third kappa shape index (κ3) is 3.75. The quantitative estimate of drug-likeness (QED) is 0.642. The highest BCUT2D eigenvalue weighted by Gasteiger charge is 2.03. The molecule has 1 heteroatoms. The maximum Gasteiger partial charge on any atom is 0.0624 e. The minimum Gasteiger partial charge on any atom is -0.198 e. The Morgan fingerprint density at radius 3 is 3.15 bits per heavy atom. The Bertz CT molecular complexity index is 276. The van der Waals surface area contributed by atoms with Crippen LogP contribution in [0.5, 0.6) is 0 Å². The summed E-state index contributed by atoms with van der Waals surface area (Å²) in [6.07, 6.45) is 13.4. The van der Waals surface area contributed by atoms with Crippen molar-refractivity contribution in [3.63, 3.8) is 0 Å². The van der Waals surface area contributed by atoms with Crippen LogP contribution in [0.1, 0.15) is 26.2 Å². The minimum atomic E-state index is 0.465. The highest BCUT2D eigenvalue weighted by molar-refractivity contribution is 5.27. The molecular formula is C12H15N. The molecule has 0 aliphatic heterocycles. The van der Waals surface area contributed by atoms with Crippen LogP contribution in [-0.4, -0.2) is 0 Å². The standard InChI is InChI=1S/C12H15N/c1-11(8-9-13)10-12-6-4-2-3-5-7-12/h2,4-7,11H,3,8,10H2,1H3. The number of allylic oxidation sites excluding steroid dienone is 6. The van der Waals surface area contributed by atoms with Gasteiger partial charge < -0.3 is 0 Å². The van der Waals surface area contributed by atoms with Gasteiger partial charge >= 0.3 is 0 Å². The van der Waals surface area contributed by atoms with Gasteiger partial charge in [0.1, 0.15) is 0 Å². The van der Waals surface area contributed by atoms with E-state index in [9.17, 15) is 0 Å². The van der Waals surface area contributed by atoms with Crippen molar-refractivity contribution in [2.45, 2.75) is 26.2 Å². The first kappa shape index (κ1) is 9.80. The average Bonchev–Trinajstić information content (AvgIpc) is 2.33. The lowest BCUT2D eigenvalue weighted by Crippen LogP contribution is -1.93. The van der Waals surface area contributed by atoms with E-state index < -0.39 is 0 Å². The first-order valence-corrected chi connectivity index (χ1v) is 4.72. The van der Waals surface area contributed by atoms with Crippen molar-refractivity contribution >= 4 is 0 Å². The number of nitrogens with zero attached hydrogens (tertiary/aromatic N) is 1. The zero-order valence-corrected chi connectivity index (χ0v) is 8.03. The highest BCUT2D eigenvalue weighted by Crippen LogP contribution is 2.17. The molecule has 0 aromatic rings. The van der Waals surface area contributed by atoms with Crippen LogP contribution in [0.2, 0.25) is 0 Å². The van der Waals surface area contributed by atoms with Crippen LogP contribution in [0.25, 0.3) is 0 Å². The molecule has 68 valence electrons. The van der Waals surface area contributed by atoms with Gasteiger partial charge in [-0.1, -0.05) is 37.3 Å². The second-order valence-electron chi connectivity index (χ2n) is 3.48. The van der Waals surface area contributed by atoms with Crippen molar-refractivity contribution in [3.8, 4) is 6.07 Å². The fourth-order valence-corrected chi connectivity index (χ4v) is 1.39. The molecule has 1 rings (SSSR count). The molecule has 0 aromatic heterocycles. The zero-order chi connectivity index (χ0) is 9.52. The summed E-state index contributed by atoms with van der Waals surface area (Å²) in [6, 6.07) is 2.20. The molecule has 1 atom stereocenters. The maximum absolute atomic E-state index is 8.52. The molecule has 0 heterocycles. The van der Waals surface area contributed by atoms with E-state index in [2.05, 4.69) is 43.4 Å². The van der Waals surface area contributed by atoms with E-state index in [0.29, 0.717) is 12.3 Å². The van der Waals surface area contributed by atoms with Gasteiger partial charge in [-0.05, 0) is 24.3 Å². The molecule has 0 bridgehead atoms. The van der Waals surface area contributed by atoms with Crippen LogP contribution >= 0.6 is 0 Å². The molecule has 0 radical (unpaired) electrons. The fourth-order valence-electron chi connectivity index (χ4n) is 1.39. The van der Waals surface area contributed by atoms with Crippen molar-refractivity contribution in [1.29, 1.82) is 5.26 Å². The Hall–Kier alpha value is -1.29. The molecule has 1 aliphatic rings. The van der Waals surface area contributed by atoms with Gasteiger partial charge in [-0.2, -0.15) is 5.26 Å². The van der Waals surface area contributed by atoms with Gasteiger partial charge in [0.15, 0.2) is 0 Å². The molecule has 0 aromatic carbocycles. The summed E-state index contributed by atoms with van der Waals surface area (Å²) in [4.78, 5) is 0. The molecule has 0 spiro atoms. The summed E-state index contributed by atoms with van der Waals surface area (Å²) in [5.74, 6) is 0.465. The Balaban J connectivity index is 2.48. The highest BCUT2D eigenvalue weighted by atomic mass is 14.2. The molecule has 0 saturated carbocycles. The molecule has 0 fully saturated rings. The molecule has 0 amide bonds. The van der Waals surface area contributed by atoms with Crippen molar-refractivity contribution in [1.82, 2.24) is 0 Å². The van der Waals surface area contributed by atoms with Crippen LogP contribution in [0, 0.1) is 17.2 Å². The predicted octanol–water partition coefficient (Wildman–Crippen LogP) is 3.37.